The molecule has 1 fully saturated rings. The van der Waals surface area contributed by atoms with E-state index in [0.717, 1.165) is 0 Å². The molecule has 1 aliphatic rings. The first-order chi connectivity index (χ1) is 8.60. The molecule has 0 saturated carbocycles. The van der Waals surface area contributed by atoms with Crippen LogP contribution in [-0.2, 0) is 14.3 Å². The fourth-order valence-electron chi connectivity index (χ4n) is 1.94. The molecule has 2 atom stereocenters. The highest BCUT2D eigenvalue weighted by Gasteiger charge is 2.39. The van der Waals surface area contributed by atoms with E-state index in [0.29, 0.717) is 32.5 Å². The predicted molar refractivity (Wildman–Crippen MR) is 63.4 cm³/mol. The first-order valence-electron chi connectivity index (χ1n) is 5.89. The number of nitrogens with zero attached hydrogens (tertiary/aromatic N) is 1. The molecule has 1 heterocycles. The van der Waals surface area contributed by atoms with Gasteiger partial charge in [0.25, 0.3) is 0 Å². The summed E-state index contributed by atoms with van der Waals surface area (Å²) in [4.78, 5) is 24.2. The Morgan fingerprint density at radius 1 is 1.44 bits per heavy atom. The van der Waals surface area contributed by atoms with Gasteiger partial charge in [-0.1, -0.05) is 0 Å². The first-order valence-corrected chi connectivity index (χ1v) is 5.89. The van der Waals surface area contributed by atoms with Crippen LogP contribution in [0.1, 0.15) is 12.8 Å². The average Bonchev–Trinajstić information content (AvgIpc) is 2.78. The summed E-state index contributed by atoms with van der Waals surface area (Å²) in [6.45, 7) is 1.33. The number of carbonyl (C=O) groups is 2. The van der Waals surface area contributed by atoms with Gasteiger partial charge in [-0.3, -0.25) is 0 Å². The van der Waals surface area contributed by atoms with E-state index in [1.54, 1.807) is 7.11 Å². The van der Waals surface area contributed by atoms with E-state index in [1.165, 1.54) is 12.0 Å². The standard InChI is InChI=1S/C11H20N2O5/c1-17-5-3-4-12-11(16)13-7-8(18-2)6-9(13)10(14)15/h8-9H,3-7H2,1-2H3,(H,12,16)(H,14,15). The molecule has 2 amide bonds. The Labute approximate surface area is 106 Å². The van der Waals surface area contributed by atoms with Crippen LogP contribution in [0.5, 0.6) is 0 Å². The SMILES string of the molecule is COCCCNC(=O)N1CC(OC)CC1C(=O)O. The van der Waals surface area contributed by atoms with Crippen LogP contribution in [0.15, 0.2) is 0 Å². The summed E-state index contributed by atoms with van der Waals surface area (Å²) in [6.07, 6.45) is 0.814. The molecule has 7 nitrogen and oxygen atoms in total. The molecule has 1 rings (SSSR count). The first kappa shape index (κ1) is 14.7. The van der Waals surface area contributed by atoms with Gasteiger partial charge in [0.05, 0.1) is 6.10 Å². The number of methoxy groups -OCH3 is 2. The molecule has 2 unspecified atom stereocenters. The van der Waals surface area contributed by atoms with Crippen LogP contribution in [0.25, 0.3) is 0 Å². The van der Waals surface area contributed by atoms with Crippen LogP contribution in [0.4, 0.5) is 4.79 Å². The fourth-order valence-corrected chi connectivity index (χ4v) is 1.94. The van der Waals surface area contributed by atoms with Crippen LogP contribution < -0.4 is 5.32 Å². The zero-order valence-corrected chi connectivity index (χ0v) is 10.7. The van der Waals surface area contributed by atoms with E-state index in [1.807, 2.05) is 0 Å². The van der Waals surface area contributed by atoms with Crippen molar-refractivity contribution in [3.8, 4) is 0 Å². The van der Waals surface area contributed by atoms with Crippen molar-refractivity contribution in [3.63, 3.8) is 0 Å². The molecule has 1 saturated heterocycles. The minimum Gasteiger partial charge on any atom is -0.480 e. The van der Waals surface area contributed by atoms with Crippen LogP contribution in [0.2, 0.25) is 0 Å². The predicted octanol–water partition coefficient (Wildman–Crippen LogP) is -0.0936. The van der Waals surface area contributed by atoms with E-state index in [4.69, 9.17) is 14.6 Å². The van der Waals surface area contributed by atoms with Gasteiger partial charge in [-0.15, -0.1) is 0 Å². The maximum Gasteiger partial charge on any atom is 0.326 e. The van der Waals surface area contributed by atoms with E-state index in [-0.39, 0.29) is 12.1 Å². The van der Waals surface area contributed by atoms with Gasteiger partial charge in [0.2, 0.25) is 0 Å². The van der Waals surface area contributed by atoms with E-state index >= 15 is 0 Å². The number of ether oxygens (including phenoxy) is 2. The Morgan fingerprint density at radius 3 is 2.72 bits per heavy atom. The van der Waals surface area contributed by atoms with Crippen molar-refractivity contribution in [3.05, 3.63) is 0 Å². The third-order valence-corrected chi connectivity index (χ3v) is 2.94. The van der Waals surface area contributed by atoms with Gasteiger partial charge in [-0.25, -0.2) is 9.59 Å². The lowest BCUT2D eigenvalue weighted by Gasteiger charge is -2.21. The normalized spacial score (nSPS) is 23.1. The third-order valence-electron chi connectivity index (χ3n) is 2.94. The van der Waals surface area contributed by atoms with Crippen molar-refractivity contribution >= 4 is 12.0 Å². The molecule has 0 aliphatic carbocycles. The molecular weight excluding hydrogens is 240 g/mol. The van der Waals surface area contributed by atoms with Crippen molar-refractivity contribution in [2.75, 3.05) is 33.9 Å². The van der Waals surface area contributed by atoms with Crippen LogP contribution in [0.3, 0.4) is 0 Å². The number of likely N-dealkylation sites (tertiary alicyclic amines) is 1. The van der Waals surface area contributed by atoms with Gasteiger partial charge in [0, 0.05) is 40.3 Å². The lowest BCUT2D eigenvalue weighted by Crippen LogP contribution is -2.46. The van der Waals surface area contributed by atoms with Crippen LogP contribution in [-0.4, -0.2) is 68.1 Å². The number of carboxylic acid groups (broad SMARTS) is 1. The van der Waals surface area contributed by atoms with Gasteiger partial charge in [0.1, 0.15) is 6.04 Å². The van der Waals surface area contributed by atoms with Gasteiger partial charge < -0.3 is 24.8 Å². The summed E-state index contributed by atoms with van der Waals surface area (Å²) in [5, 5.41) is 11.7. The number of hydrogen-bond donors (Lipinski definition) is 2. The molecule has 0 spiro atoms. The summed E-state index contributed by atoms with van der Waals surface area (Å²) in [5.74, 6) is -0.999. The molecule has 1 aliphatic heterocycles. The highest BCUT2D eigenvalue weighted by molar-refractivity contribution is 5.83. The number of amides is 2. The van der Waals surface area contributed by atoms with Crippen molar-refractivity contribution < 1.29 is 24.2 Å². The minimum atomic E-state index is -0.999. The lowest BCUT2D eigenvalue weighted by molar-refractivity contribution is -0.141. The van der Waals surface area contributed by atoms with E-state index in [2.05, 4.69) is 5.32 Å². The largest absolute Gasteiger partial charge is 0.480 e. The molecule has 0 radical (unpaired) electrons. The molecule has 18 heavy (non-hydrogen) atoms. The Hall–Kier alpha value is -1.34. The van der Waals surface area contributed by atoms with Crippen molar-refractivity contribution in [2.24, 2.45) is 0 Å². The molecule has 0 bridgehead atoms. The third kappa shape index (κ3) is 3.85. The number of hydrogen-bond acceptors (Lipinski definition) is 4. The zero-order valence-electron chi connectivity index (χ0n) is 10.7. The highest BCUT2D eigenvalue weighted by Crippen LogP contribution is 2.20. The van der Waals surface area contributed by atoms with Gasteiger partial charge in [-0.05, 0) is 6.42 Å². The lowest BCUT2D eigenvalue weighted by atomic mass is 10.2. The molecule has 2 N–H and O–H groups in total. The average molecular weight is 260 g/mol. The second-order valence-corrected chi connectivity index (χ2v) is 4.18. The number of urea groups is 1. The van der Waals surface area contributed by atoms with Crippen molar-refractivity contribution in [1.82, 2.24) is 10.2 Å². The molecule has 0 aromatic heterocycles. The highest BCUT2D eigenvalue weighted by atomic mass is 16.5. The fraction of sp³-hybridized carbons (Fsp3) is 0.818. The molecule has 0 aromatic carbocycles. The van der Waals surface area contributed by atoms with Crippen LogP contribution >= 0.6 is 0 Å². The van der Waals surface area contributed by atoms with Crippen molar-refractivity contribution in [2.45, 2.75) is 25.0 Å². The summed E-state index contributed by atoms with van der Waals surface area (Å²) >= 11 is 0. The molecular formula is C11H20N2O5. The van der Waals surface area contributed by atoms with Crippen molar-refractivity contribution in [1.29, 1.82) is 0 Å². The number of rotatable bonds is 6. The number of aliphatic carboxylic acids is 1. The molecule has 0 aromatic rings. The second kappa shape index (κ2) is 7.17. The van der Waals surface area contributed by atoms with E-state index < -0.39 is 12.0 Å². The smallest absolute Gasteiger partial charge is 0.326 e. The maximum absolute atomic E-state index is 11.8. The summed E-state index contributed by atoms with van der Waals surface area (Å²) in [7, 11) is 3.11. The quantitative estimate of drug-likeness (QED) is 0.651. The molecule has 7 heteroatoms. The monoisotopic (exact) mass is 260 g/mol. The number of carbonyl (C=O) groups excluding carboxylic acids is 1. The Kier molecular flexibility index (Phi) is 5.87. The second-order valence-electron chi connectivity index (χ2n) is 4.18. The summed E-state index contributed by atoms with van der Waals surface area (Å²) in [6, 6.07) is -1.17. The van der Waals surface area contributed by atoms with Crippen LogP contribution in [0, 0.1) is 0 Å². The topological polar surface area (TPSA) is 88.1 Å². The zero-order chi connectivity index (χ0) is 13.5. The Morgan fingerprint density at radius 2 is 2.17 bits per heavy atom. The Balaban J connectivity index is 2.46. The van der Waals surface area contributed by atoms with Gasteiger partial charge in [-0.2, -0.15) is 0 Å². The number of carboxylic acids is 1. The van der Waals surface area contributed by atoms with Gasteiger partial charge in [0.15, 0.2) is 0 Å². The summed E-state index contributed by atoms with van der Waals surface area (Å²) < 4.78 is 9.97. The number of nitrogens with one attached hydrogen (secondary N) is 1. The summed E-state index contributed by atoms with van der Waals surface area (Å²) in [5.41, 5.74) is 0. The van der Waals surface area contributed by atoms with Gasteiger partial charge >= 0.3 is 12.0 Å². The minimum absolute atomic E-state index is 0.212. The maximum atomic E-state index is 11.8. The van der Waals surface area contributed by atoms with E-state index in [9.17, 15) is 9.59 Å². The molecule has 104 valence electrons. The Bertz CT molecular complexity index is 297.